The Bertz CT molecular complexity index is 522. The van der Waals surface area contributed by atoms with Crippen LogP contribution in [0.25, 0.3) is 0 Å². The molecule has 4 nitrogen and oxygen atoms in total. The molecule has 1 aliphatic carbocycles. The van der Waals surface area contributed by atoms with E-state index in [1.807, 2.05) is 17.9 Å². The predicted molar refractivity (Wildman–Crippen MR) is 81.8 cm³/mol. The van der Waals surface area contributed by atoms with Gasteiger partial charge in [0.05, 0.1) is 6.61 Å². The van der Waals surface area contributed by atoms with Crippen LogP contribution in [-0.2, 0) is 0 Å². The number of nitrogens with zero attached hydrogens (tertiary/aromatic N) is 2. The summed E-state index contributed by atoms with van der Waals surface area (Å²) in [5.74, 6) is 5.77. The summed E-state index contributed by atoms with van der Waals surface area (Å²) in [4.78, 5) is 18.7. The number of amides is 1. The largest absolute Gasteiger partial charge is 0.395 e. The second-order valence-corrected chi connectivity index (χ2v) is 5.24. The van der Waals surface area contributed by atoms with Gasteiger partial charge in [0.15, 0.2) is 0 Å². The molecule has 1 heterocycles. The van der Waals surface area contributed by atoms with E-state index in [0.717, 1.165) is 24.9 Å². The maximum absolute atomic E-state index is 12.5. The van der Waals surface area contributed by atoms with Crippen LogP contribution < -0.4 is 0 Å². The van der Waals surface area contributed by atoms with Gasteiger partial charge < -0.3 is 10.0 Å². The number of hydrogen-bond acceptors (Lipinski definition) is 3. The molecule has 21 heavy (non-hydrogen) atoms. The normalized spacial score (nSPS) is 14.6. The van der Waals surface area contributed by atoms with Crippen molar-refractivity contribution in [3.63, 3.8) is 0 Å². The van der Waals surface area contributed by atoms with E-state index in [4.69, 9.17) is 5.11 Å². The number of carbonyl (C=O) groups is 1. The van der Waals surface area contributed by atoms with Crippen LogP contribution in [0.5, 0.6) is 0 Å². The van der Waals surface area contributed by atoms with Gasteiger partial charge >= 0.3 is 0 Å². The summed E-state index contributed by atoms with van der Waals surface area (Å²) in [6, 6.07) is 3.92. The fraction of sp³-hybridized carbons (Fsp3) is 0.529. The van der Waals surface area contributed by atoms with Gasteiger partial charge in [-0.1, -0.05) is 24.7 Å². The highest BCUT2D eigenvalue weighted by Crippen LogP contribution is 2.24. The molecule has 0 bridgehead atoms. The van der Waals surface area contributed by atoms with Gasteiger partial charge in [0, 0.05) is 30.8 Å². The van der Waals surface area contributed by atoms with Gasteiger partial charge in [0.1, 0.15) is 5.69 Å². The molecule has 1 fully saturated rings. The highest BCUT2D eigenvalue weighted by molar-refractivity contribution is 5.92. The molecule has 4 heteroatoms. The fourth-order valence-corrected chi connectivity index (χ4v) is 2.75. The predicted octanol–water partition coefficient (Wildman–Crippen LogP) is 2.22. The molecule has 0 aromatic carbocycles. The molecule has 1 saturated carbocycles. The molecule has 1 aliphatic rings. The number of pyridine rings is 1. The molecule has 2 rings (SSSR count). The highest BCUT2D eigenvalue weighted by atomic mass is 16.2. The first kappa shape index (κ1) is 15.5. The third-order valence-corrected chi connectivity index (χ3v) is 3.82. The van der Waals surface area contributed by atoms with Gasteiger partial charge in [-0.25, -0.2) is 4.98 Å². The van der Waals surface area contributed by atoms with Crippen LogP contribution >= 0.6 is 0 Å². The van der Waals surface area contributed by atoms with Crippen molar-refractivity contribution in [1.82, 2.24) is 9.88 Å². The maximum Gasteiger partial charge on any atom is 0.272 e. The molecule has 1 amide bonds. The van der Waals surface area contributed by atoms with E-state index < -0.39 is 0 Å². The first-order valence-corrected chi connectivity index (χ1v) is 7.63. The topological polar surface area (TPSA) is 53.4 Å². The minimum atomic E-state index is 0.0132. The van der Waals surface area contributed by atoms with E-state index in [9.17, 15) is 4.79 Å². The van der Waals surface area contributed by atoms with Gasteiger partial charge in [0.2, 0.25) is 0 Å². The standard InChI is InChI=1S/C17H22N2O2/c1-2-19(15-8-3-4-9-15)17(21)16-11-10-14(13-18-16)7-5-6-12-20/h10-11,13,15,20H,2-4,6,8-9,12H2,1H3. The lowest BCUT2D eigenvalue weighted by atomic mass is 10.2. The number of aliphatic hydroxyl groups excluding tert-OH is 1. The van der Waals surface area contributed by atoms with Crippen molar-refractivity contribution < 1.29 is 9.90 Å². The summed E-state index contributed by atoms with van der Waals surface area (Å²) in [5, 5.41) is 8.68. The van der Waals surface area contributed by atoms with Crippen LogP contribution in [0.15, 0.2) is 18.3 Å². The lowest BCUT2D eigenvalue weighted by Gasteiger charge is -2.27. The van der Waals surface area contributed by atoms with Crippen LogP contribution in [-0.4, -0.2) is 40.1 Å². The lowest BCUT2D eigenvalue weighted by molar-refractivity contribution is 0.0687. The molecule has 112 valence electrons. The molecule has 1 aromatic heterocycles. The average molecular weight is 286 g/mol. The SMILES string of the molecule is CCN(C(=O)c1ccc(C#CCCO)cn1)C1CCCC1. The third kappa shape index (κ3) is 4.05. The van der Waals surface area contributed by atoms with Crippen molar-refractivity contribution in [2.24, 2.45) is 0 Å². The summed E-state index contributed by atoms with van der Waals surface area (Å²) in [6.07, 6.45) is 6.70. The minimum absolute atomic E-state index is 0.0132. The van der Waals surface area contributed by atoms with Crippen LogP contribution in [0.4, 0.5) is 0 Å². The summed E-state index contributed by atoms with van der Waals surface area (Å²) < 4.78 is 0. The maximum atomic E-state index is 12.5. The zero-order valence-electron chi connectivity index (χ0n) is 12.5. The summed E-state index contributed by atoms with van der Waals surface area (Å²) in [5.41, 5.74) is 1.25. The molecule has 0 atom stereocenters. The minimum Gasteiger partial charge on any atom is -0.395 e. The van der Waals surface area contributed by atoms with Crippen molar-refractivity contribution in [1.29, 1.82) is 0 Å². The number of carbonyl (C=O) groups excluding carboxylic acids is 1. The number of hydrogen-bond donors (Lipinski definition) is 1. The average Bonchev–Trinajstić information content (AvgIpc) is 3.03. The first-order valence-electron chi connectivity index (χ1n) is 7.63. The highest BCUT2D eigenvalue weighted by Gasteiger charge is 2.26. The Morgan fingerprint density at radius 1 is 1.43 bits per heavy atom. The van der Waals surface area contributed by atoms with Crippen molar-refractivity contribution in [3.05, 3.63) is 29.6 Å². The van der Waals surface area contributed by atoms with Gasteiger partial charge in [-0.3, -0.25) is 4.79 Å². The monoisotopic (exact) mass is 286 g/mol. The Balaban J connectivity index is 2.06. The van der Waals surface area contributed by atoms with Crippen molar-refractivity contribution in [2.45, 2.75) is 45.1 Å². The van der Waals surface area contributed by atoms with Gasteiger partial charge in [0.25, 0.3) is 5.91 Å². The fourth-order valence-electron chi connectivity index (χ4n) is 2.75. The van der Waals surface area contributed by atoms with E-state index in [-0.39, 0.29) is 12.5 Å². The Labute approximate surface area is 126 Å². The van der Waals surface area contributed by atoms with Crippen LogP contribution in [0.2, 0.25) is 0 Å². The smallest absolute Gasteiger partial charge is 0.272 e. The molecule has 1 N–H and O–H groups in total. The quantitative estimate of drug-likeness (QED) is 0.864. The number of rotatable bonds is 4. The summed E-state index contributed by atoms with van der Waals surface area (Å²) in [7, 11) is 0. The van der Waals surface area contributed by atoms with Gasteiger partial charge in [-0.05, 0) is 31.9 Å². The van der Waals surface area contributed by atoms with Gasteiger partial charge in [-0.15, -0.1) is 0 Å². The second-order valence-electron chi connectivity index (χ2n) is 5.24. The zero-order valence-corrected chi connectivity index (χ0v) is 12.5. The van der Waals surface area contributed by atoms with E-state index in [2.05, 4.69) is 16.8 Å². The molecular weight excluding hydrogens is 264 g/mol. The molecule has 0 aliphatic heterocycles. The second kappa shape index (κ2) is 7.80. The van der Waals surface area contributed by atoms with Crippen LogP contribution in [0.1, 0.15) is 55.1 Å². The van der Waals surface area contributed by atoms with Crippen molar-refractivity contribution in [2.75, 3.05) is 13.2 Å². The Hall–Kier alpha value is -1.86. The zero-order chi connectivity index (χ0) is 15.1. The van der Waals surface area contributed by atoms with Crippen molar-refractivity contribution >= 4 is 5.91 Å². The van der Waals surface area contributed by atoms with E-state index in [1.165, 1.54) is 12.8 Å². The summed E-state index contributed by atoms with van der Waals surface area (Å²) in [6.45, 7) is 2.80. The third-order valence-electron chi connectivity index (χ3n) is 3.82. The molecule has 0 saturated heterocycles. The van der Waals surface area contributed by atoms with E-state index >= 15 is 0 Å². The van der Waals surface area contributed by atoms with Crippen molar-refractivity contribution in [3.8, 4) is 11.8 Å². The van der Waals surface area contributed by atoms with Crippen LogP contribution in [0, 0.1) is 11.8 Å². The van der Waals surface area contributed by atoms with Gasteiger partial charge in [-0.2, -0.15) is 0 Å². The molecule has 1 aromatic rings. The van der Waals surface area contributed by atoms with E-state index in [1.54, 1.807) is 12.3 Å². The molecule has 0 unspecified atom stereocenters. The number of aliphatic hydroxyl groups is 1. The Morgan fingerprint density at radius 3 is 2.76 bits per heavy atom. The molecule has 0 spiro atoms. The Morgan fingerprint density at radius 2 is 2.19 bits per heavy atom. The lowest BCUT2D eigenvalue weighted by Crippen LogP contribution is -2.39. The molecular formula is C17H22N2O2. The number of aromatic nitrogens is 1. The summed E-state index contributed by atoms with van der Waals surface area (Å²) >= 11 is 0. The first-order chi connectivity index (χ1) is 10.3. The molecule has 0 radical (unpaired) electrons. The Kier molecular flexibility index (Phi) is 5.77. The van der Waals surface area contributed by atoms with E-state index in [0.29, 0.717) is 18.2 Å². The van der Waals surface area contributed by atoms with Crippen LogP contribution in [0.3, 0.4) is 0 Å².